The number of carbonyl (C=O) groups is 1. The zero-order valence-electron chi connectivity index (χ0n) is 10.1. The topological polar surface area (TPSA) is 42.0 Å². The number of rotatable bonds is 4. The first kappa shape index (κ1) is 14.0. The molecule has 19 heavy (non-hydrogen) atoms. The van der Waals surface area contributed by atoms with Crippen LogP contribution in [0.5, 0.6) is 0 Å². The van der Waals surface area contributed by atoms with Gasteiger partial charge in [-0.05, 0) is 30.3 Å². The van der Waals surface area contributed by atoms with Crippen LogP contribution in [-0.2, 0) is 6.42 Å². The predicted octanol–water partition coefficient (Wildman–Crippen LogP) is 3.47. The van der Waals surface area contributed by atoms with Gasteiger partial charge in [-0.15, -0.1) is 0 Å². The minimum atomic E-state index is -0.140. The molecule has 5 heteroatoms. The van der Waals surface area contributed by atoms with Crippen molar-refractivity contribution in [2.75, 3.05) is 6.54 Å². The van der Waals surface area contributed by atoms with Gasteiger partial charge in [0.2, 0.25) is 0 Å². The molecule has 0 bridgehead atoms. The normalized spacial score (nSPS) is 10.2. The number of pyridine rings is 1. The van der Waals surface area contributed by atoms with E-state index in [4.69, 9.17) is 11.6 Å². The number of carbonyl (C=O) groups excluding carboxylic acids is 1. The van der Waals surface area contributed by atoms with Gasteiger partial charge in [-0.2, -0.15) is 0 Å². The van der Waals surface area contributed by atoms with Crippen molar-refractivity contribution in [3.05, 3.63) is 63.3 Å². The van der Waals surface area contributed by atoms with E-state index in [2.05, 4.69) is 26.2 Å². The van der Waals surface area contributed by atoms with Gasteiger partial charge in [-0.25, -0.2) is 0 Å². The Hall–Kier alpha value is -1.39. The minimum Gasteiger partial charge on any atom is -0.352 e. The minimum absolute atomic E-state index is 0.140. The lowest BCUT2D eigenvalue weighted by molar-refractivity contribution is 0.0954. The summed E-state index contributed by atoms with van der Waals surface area (Å²) in [5.41, 5.74) is 1.50. The van der Waals surface area contributed by atoms with Gasteiger partial charge in [0.25, 0.3) is 5.91 Å². The van der Waals surface area contributed by atoms with Crippen LogP contribution in [0.4, 0.5) is 0 Å². The third-order valence-electron chi connectivity index (χ3n) is 2.52. The molecule has 0 aliphatic heterocycles. The SMILES string of the molecule is O=C(NCCc1ccccn1)c1cc(Cl)cc(Br)c1. The molecule has 98 valence electrons. The van der Waals surface area contributed by atoms with Gasteiger partial charge < -0.3 is 5.32 Å². The molecule has 2 rings (SSSR count). The highest BCUT2D eigenvalue weighted by Crippen LogP contribution is 2.19. The number of amides is 1. The van der Waals surface area contributed by atoms with Crippen molar-refractivity contribution < 1.29 is 4.79 Å². The third-order valence-corrected chi connectivity index (χ3v) is 3.19. The fraction of sp³-hybridized carbons (Fsp3) is 0.143. The van der Waals surface area contributed by atoms with Crippen LogP contribution in [-0.4, -0.2) is 17.4 Å². The molecule has 0 aliphatic rings. The Morgan fingerprint density at radius 1 is 1.32 bits per heavy atom. The smallest absolute Gasteiger partial charge is 0.251 e. The maximum Gasteiger partial charge on any atom is 0.251 e. The van der Waals surface area contributed by atoms with Gasteiger partial charge in [-0.3, -0.25) is 9.78 Å². The van der Waals surface area contributed by atoms with Crippen molar-refractivity contribution >= 4 is 33.4 Å². The van der Waals surface area contributed by atoms with E-state index in [1.165, 1.54) is 0 Å². The van der Waals surface area contributed by atoms with Crippen LogP contribution >= 0.6 is 27.5 Å². The number of nitrogens with zero attached hydrogens (tertiary/aromatic N) is 1. The van der Waals surface area contributed by atoms with Gasteiger partial charge in [0, 0.05) is 39.9 Å². The summed E-state index contributed by atoms with van der Waals surface area (Å²) in [5, 5.41) is 3.38. The van der Waals surface area contributed by atoms with E-state index in [9.17, 15) is 4.79 Å². The largest absolute Gasteiger partial charge is 0.352 e. The number of nitrogens with one attached hydrogen (secondary N) is 1. The second-order valence-electron chi connectivity index (χ2n) is 3.99. The van der Waals surface area contributed by atoms with Crippen LogP contribution < -0.4 is 5.32 Å². The zero-order valence-corrected chi connectivity index (χ0v) is 12.4. The van der Waals surface area contributed by atoms with E-state index < -0.39 is 0 Å². The van der Waals surface area contributed by atoms with Crippen LogP contribution in [0.15, 0.2) is 47.1 Å². The Kier molecular flexibility index (Phi) is 4.93. The second kappa shape index (κ2) is 6.68. The maximum atomic E-state index is 11.9. The van der Waals surface area contributed by atoms with Crippen molar-refractivity contribution in [2.45, 2.75) is 6.42 Å². The first-order valence-corrected chi connectivity index (χ1v) is 6.96. The Morgan fingerprint density at radius 2 is 2.16 bits per heavy atom. The molecule has 0 atom stereocenters. The van der Waals surface area contributed by atoms with Crippen LogP contribution in [0.1, 0.15) is 16.1 Å². The lowest BCUT2D eigenvalue weighted by atomic mass is 10.2. The molecular formula is C14H12BrClN2O. The molecule has 2 aromatic rings. The molecule has 0 aliphatic carbocycles. The monoisotopic (exact) mass is 338 g/mol. The maximum absolute atomic E-state index is 11.9. The molecule has 0 fully saturated rings. The molecule has 0 unspecified atom stereocenters. The summed E-state index contributed by atoms with van der Waals surface area (Å²) in [4.78, 5) is 16.1. The molecule has 1 aromatic heterocycles. The molecule has 3 nitrogen and oxygen atoms in total. The summed E-state index contributed by atoms with van der Waals surface area (Å²) in [6.07, 6.45) is 2.44. The highest BCUT2D eigenvalue weighted by atomic mass is 79.9. The summed E-state index contributed by atoms with van der Waals surface area (Å²) < 4.78 is 0.787. The first-order valence-electron chi connectivity index (χ1n) is 5.79. The van der Waals surface area contributed by atoms with Gasteiger partial charge in [0.15, 0.2) is 0 Å². The van der Waals surface area contributed by atoms with Crippen molar-refractivity contribution in [1.82, 2.24) is 10.3 Å². The molecule has 0 saturated carbocycles. The zero-order chi connectivity index (χ0) is 13.7. The van der Waals surface area contributed by atoms with E-state index in [0.717, 1.165) is 10.2 Å². The van der Waals surface area contributed by atoms with Gasteiger partial charge >= 0.3 is 0 Å². The lowest BCUT2D eigenvalue weighted by Crippen LogP contribution is -2.25. The van der Waals surface area contributed by atoms with Gasteiger partial charge in [-0.1, -0.05) is 33.6 Å². The molecule has 0 spiro atoms. The van der Waals surface area contributed by atoms with Gasteiger partial charge in [0.05, 0.1) is 0 Å². The molecule has 0 radical (unpaired) electrons. The number of benzene rings is 1. The second-order valence-corrected chi connectivity index (χ2v) is 5.34. The number of aromatic nitrogens is 1. The van der Waals surface area contributed by atoms with Crippen molar-refractivity contribution in [2.24, 2.45) is 0 Å². The molecule has 1 N–H and O–H groups in total. The van der Waals surface area contributed by atoms with Crippen molar-refractivity contribution in [1.29, 1.82) is 0 Å². The molecule has 1 aromatic carbocycles. The quantitative estimate of drug-likeness (QED) is 0.927. The van der Waals surface area contributed by atoms with E-state index in [1.807, 2.05) is 18.2 Å². The highest BCUT2D eigenvalue weighted by molar-refractivity contribution is 9.10. The van der Waals surface area contributed by atoms with Crippen molar-refractivity contribution in [3.8, 4) is 0 Å². The van der Waals surface area contributed by atoms with Gasteiger partial charge in [0.1, 0.15) is 0 Å². The summed E-state index contributed by atoms with van der Waals surface area (Å²) in [5.74, 6) is -0.140. The Morgan fingerprint density at radius 3 is 2.84 bits per heavy atom. The summed E-state index contributed by atoms with van der Waals surface area (Å²) >= 11 is 9.22. The van der Waals surface area contributed by atoms with Crippen LogP contribution in [0.3, 0.4) is 0 Å². The number of halogens is 2. The Labute approximate surface area is 125 Å². The molecule has 1 heterocycles. The average molecular weight is 340 g/mol. The predicted molar refractivity (Wildman–Crippen MR) is 79.4 cm³/mol. The van der Waals surface area contributed by atoms with Crippen LogP contribution in [0.25, 0.3) is 0 Å². The third kappa shape index (κ3) is 4.33. The Balaban J connectivity index is 1.91. The summed E-state index contributed by atoms with van der Waals surface area (Å²) in [6.45, 7) is 0.542. The Bertz CT molecular complexity index is 555. The summed E-state index contributed by atoms with van der Waals surface area (Å²) in [6, 6.07) is 10.8. The summed E-state index contributed by atoms with van der Waals surface area (Å²) in [7, 11) is 0. The lowest BCUT2D eigenvalue weighted by Gasteiger charge is -2.06. The van der Waals surface area contributed by atoms with E-state index in [-0.39, 0.29) is 5.91 Å². The fourth-order valence-corrected chi connectivity index (χ4v) is 2.50. The number of hydrogen-bond acceptors (Lipinski definition) is 2. The molecule has 0 saturated heterocycles. The van der Waals surface area contributed by atoms with E-state index >= 15 is 0 Å². The number of hydrogen-bond donors (Lipinski definition) is 1. The standard InChI is InChI=1S/C14H12BrClN2O/c15-11-7-10(8-12(16)9-11)14(19)18-6-4-13-3-1-2-5-17-13/h1-3,5,7-9H,4,6H2,(H,18,19). The van der Waals surface area contributed by atoms with E-state index in [1.54, 1.807) is 24.4 Å². The fourth-order valence-electron chi connectivity index (χ4n) is 1.64. The van der Waals surface area contributed by atoms with Crippen LogP contribution in [0.2, 0.25) is 5.02 Å². The first-order chi connectivity index (χ1) is 9.15. The highest BCUT2D eigenvalue weighted by Gasteiger charge is 2.07. The van der Waals surface area contributed by atoms with E-state index in [0.29, 0.717) is 23.6 Å². The molecule has 1 amide bonds. The molecular weight excluding hydrogens is 328 g/mol. The average Bonchev–Trinajstić information content (AvgIpc) is 2.38. The van der Waals surface area contributed by atoms with Crippen molar-refractivity contribution in [3.63, 3.8) is 0 Å². The van der Waals surface area contributed by atoms with Crippen LogP contribution in [0, 0.1) is 0 Å².